The van der Waals surface area contributed by atoms with Gasteiger partial charge in [0.1, 0.15) is 6.61 Å². The quantitative estimate of drug-likeness (QED) is 0.548. The standard InChI is InChI=1S/C9H8ClN2O/c1-2-5-13-9-4-3-7(10)6-8(9)12-11/h2-4,6H,1,5H2/q+1. The van der Waals surface area contributed by atoms with Crippen molar-refractivity contribution in [2.24, 2.45) is 0 Å². The van der Waals surface area contributed by atoms with Crippen molar-refractivity contribution in [1.29, 1.82) is 5.39 Å². The Bertz CT molecular complexity index is 357. The molecule has 1 aromatic rings. The fourth-order valence-electron chi connectivity index (χ4n) is 0.839. The van der Waals surface area contributed by atoms with E-state index in [2.05, 4.69) is 11.6 Å². The van der Waals surface area contributed by atoms with Gasteiger partial charge in [0.15, 0.2) is 4.98 Å². The molecule has 0 aliphatic heterocycles. The SMILES string of the molecule is C=CCOc1ccc(Cl)cc1[N+]#N. The van der Waals surface area contributed by atoms with E-state index in [-0.39, 0.29) is 0 Å². The zero-order chi connectivity index (χ0) is 9.68. The first-order valence-electron chi connectivity index (χ1n) is 3.66. The lowest BCUT2D eigenvalue weighted by molar-refractivity contribution is 0.365. The molecule has 0 radical (unpaired) electrons. The Hall–Kier alpha value is -1.53. The summed E-state index contributed by atoms with van der Waals surface area (Å²) in [4.78, 5) is 3.04. The summed E-state index contributed by atoms with van der Waals surface area (Å²) in [5.74, 6) is 0.479. The van der Waals surface area contributed by atoms with E-state index in [4.69, 9.17) is 21.7 Å². The van der Waals surface area contributed by atoms with Gasteiger partial charge < -0.3 is 4.74 Å². The molecule has 3 nitrogen and oxygen atoms in total. The summed E-state index contributed by atoms with van der Waals surface area (Å²) in [6, 6.07) is 4.82. The van der Waals surface area contributed by atoms with Crippen LogP contribution in [0.15, 0.2) is 30.9 Å². The average molecular weight is 196 g/mol. The predicted molar refractivity (Wildman–Crippen MR) is 51.9 cm³/mol. The Balaban J connectivity index is 2.94. The van der Waals surface area contributed by atoms with E-state index in [0.29, 0.717) is 23.1 Å². The summed E-state index contributed by atoms with van der Waals surface area (Å²) in [7, 11) is 0. The highest BCUT2D eigenvalue weighted by molar-refractivity contribution is 6.30. The molecule has 0 saturated carbocycles. The van der Waals surface area contributed by atoms with Gasteiger partial charge in [-0.1, -0.05) is 24.3 Å². The third-order valence-corrected chi connectivity index (χ3v) is 1.62. The number of benzene rings is 1. The summed E-state index contributed by atoms with van der Waals surface area (Å²) < 4.78 is 5.20. The van der Waals surface area contributed by atoms with E-state index >= 15 is 0 Å². The molecule has 0 aliphatic carbocycles. The van der Waals surface area contributed by atoms with Gasteiger partial charge in [-0.25, -0.2) is 0 Å². The minimum absolute atomic E-state index is 0.314. The van der Waals surface area contributed by atoms with Gasteiger partial charge in [-0.05, 0) is 12.1 Å². The first-order chi connectivity index (χ1) is 6.27. The Morgan fingerprint density at radius 3 is 3.00 bits per heavy atom. The van der Waals surface area contributed by atoms with Crippen molar-refractivity contribution in [3.63, 3.8) is 0 Å². The summed E-state index contributed by atoms with van der Waals surface area (Å²) in [5.41, 5.74) is 0.314. The van der Waals surface area contributed by atoms with Crippen LogP contribution >= 0.6 is 11.6 Å². The van der Waals surface area contributed by atoms with E-state index in [9.17, 15) is 0 Å². The van der Waals surface area contributed by atoms with Crippen molar-refractivity contribution >= 4 is 17.3 Å². The highest BCUT2D eigenvalue weighted by atomic mass is 35.5. The minimum Gasteiger partial charge on any atom is -0.482 e. The Kier molecular flexibility index (Phi) is 3.30. The van der Waals surface area contributed by atoms with Crippen LogP contribution in [-0.4, -0.2) is 6.61 Å². The largest absolute Gasteiger partial charge is 0.482 e. The van der Waals surface area contributed by atoms with Crippen LogP contribution in [0.25, 0.3) is 4.98 Å². The molecule has 0 saturated heterocycles. The predicted octanol–water partition coefficient (Wildman–Crippen LogP) is 3.39. The van der Waals surface area contributed by atoms with E-state index < -0.39 is 0 Å². The van der Waals surface area contributed by atoms with Crippen LogP contribution in [0.1, 0.15) is 0 Å². The lowest BCUT2D eigenvalue weighted by Crippen LogP contribution is -1.92. The van der Waals surface area contributed by atoms with Gasteiger partial charge in [0.2, 0.25) is 11.1 Å². The molecular formula is C9H8ClN2O+. The second kappa shape index (κ2) is 4.48. The molecule has 1 aromatic carbocycles. The van der Waals surface area contributed by atoms with Crippen LogP contribution in [0.3, 0.4) is 0 Å². The van der Waals surface area contributed by atoms with Crippen LogP contribution in [0, 0.1) is 5.39 Å². The molecular weight excluding hydrogens is 188 g/mol. The van der Waals surface area contributed by atoms with Gasteiger partial charge in [0, 0.05) is 5.02 Å². The zero-order valence-corrected chi connectivity index (χ0v) is 7.66. The number of ether oxygens (including phenoxy) is 1. The number of rotatable bonds is 3. The molecule has 0 unspecified atom stereocenters. The summed E-state index contributed by atoms with van der Waals surface area (Å²) in [5, 5.41) is 9.10. The normalized spacial score (nSPS) is 8.92. The molecule has 0 atom stereocenters. The van der Waals surface area contributed by atoms with Gasteiger partial charge in [-0.2, -0.15) is 0 Å². The summed E-state index contributed by atoms with van der Waals surface area (Å²) >= 11 is 5.68. The fraction of sp³-hybridized carbons (Fsp3) is 0.111. The topological polar surface area (TPSA) is 37.4 Å². The maximum Gasteiger partial charge on any atom is 0.427 e. The molecule has 0 N–H and O–H groups in total. The maximum atomic E-state index is 8.60. The van der Waals surface area contributed by atoms with Gasteiger partial charge in [0.05, 0.1) is 6.07 Å². The lowest BCUT2D eigenvalue weighted by Gasteiger charge is -1.98. The molecule has 0 bridgehead atoms. The van der Waals surface area contributed by atoms with Crippen LogP contribution in [-0.2, 0) is 0 Å². The third kappa shape index (κ3) is 2.46. The van der Waals surface area contributed by atoms with E-state index in [1.165, 1.54) is 6.07 Å². The Labute approximate surface area is 81.2 Å². The summed E-state index contributed by atoms with van der Waals surface area (Å²) in [6.45, 7) is 3.87. The lowest BCUT2D eigenvalue weighted by atomic mass is 10.3. The van der Waals surface area contributed by atoms with Gasteiger partial charge in [0.25, 0.3) is 0 Å². The second-order valence-corrected chi connectivity index (χ2v) is 2.75. The second-order valence-electron chi connectivity index (χ2n) is 2.31. The summed E-state index contributed by atoms with van der Waals surface area (Å²) in [6.07, 6.45) is 1.61. The van der Waals surface area contributed by atoms with E-state index in [1.807, 2.05) is 0 Å². The fourth-order valence-corrected chi connectivity index (χ4v) is 1.01. The van der Waals surface area contributed by atoms with E-state index in [0.717, 1.165) is 0 Å². The molecule has 66 valence electrons. The Morgan fingerprint density at radius 1 is 1.62 bits per heavy atom. The third-order valence-electron chi connectivity index (χ3n) is 1.39. The van der Waals surface area contributed by atoms with Crippen LogP contribution in [0.5, 0.6) is 5.75 Å². The number of nitrogens with zero attached hydrogens (tertiary/aromatic N) is 2. The molecule has 4 heteroatoms. The molecule has 0 heterocycles. The molecule has 0 aromatic heterocycles. The zero-order valence-electron chi connectivity index (χ0n) is 6.90. The number of hydrogen-bond acceptors (Lipinski definition) is 2. The number of halogens is 1. The van der Waals surface area contributed by atoms with Gasteiger partial charge in [-0.15, -0.1) is 0 Å². The number of hydrogen-bond donors (Lipinski definition) is 0. The smallest absolute Gasteiger partial charge is 0.427 e. The van der Waals surface area contributed by atoms with Crippen molar-refractivity contribution in [2.75, 3.05) is 6.61 Å². The highest BCUT2D eigenvalue weighted by Gasteiger charge is 2.14. The average Bonchev–Trinajstić information content (AvgIpc) is 2.16. The van der Waals surface area contributed by atoms with Crippen molar-refractivity contribution in [1.82, 2.24) is 0 Å². The van der Waals surface area contributed by atoms with Crippen molar-refractivity contribution in [3.05, 3.63) is 40.9 Å². The van der Waals surface area contributed by atoms with Crippen LogP contribution in [0.4, 0.5) is 5.69 Å². The molecule has 0 amide bonds. The van der Waals surface area contributed by atoms with Crippen molar-refractivity contribution in [2.45, 2.75) is 0 Å². The minimum atomic E-state index is 0.314. The van der Waals surface area contributed by atoms with Crippen molar-refractivity contribution < 1.29 is 4.74 Å². The molecule has 1 rings (SSSR count). The van der Waals surface area contributed by atoms with Gasteiger partial charge >= 0.3 is 5.69 Å². The molecule has 0 spiro atoms. The van der Waals surface area contributed by atoms with Crippen LogP contribution < -0.4 is 4.74 Å². The molecule has 0 fully saturated rings. The first-order valence-corrected chi connectivity index (χ1v) is 4.04. The van der Waals surface area contributed by atoms with Gasteiger partial charge in [-0.3, -0.25) is 0 Å². The molecule has 0 aliphatic rings. The monoisotopic (exact) mass is 195 g/mol. The maximum absolute atomic E-state index is 8.60. The Morgan fingerprint density at radius 2 is 2.38 bits per heavy atom. The van der Waals surface area contributed by atoms with Crippen molar-refractivity contribution in [3.8, 4) is 5.75 Å². The number of diazo groups is 1. The first kappa shape index (κ1) is 9.56. The van der Waals surface area contributed by atoms with E-state index in [1.54, 1.807) is 18.2 Å². The molecule has 13 heavy (non-hydrogen) atoms. The van der Waals surface area contributed by atoms with Crippen LogP contribution in [0.2, 0.25) is 5.02 Å². The highest BCUT2D eigenvalue weighted by Crippen LogP contribution is 2.30.